The highest BCUT2D eigenvalue weighted by Gasteiger charge is 2.05. The van der Waals surface area contributed by atoms with Crippen LogP contribution < -0.4 is 30.0 Å². The number of ether oxygens (including phenoxy) is 4. The van der Waals surface area contributed by atoms with E-state index in [1.807, 2.05) is 44.3 Å². The van der Waals surface area contributed by atoms with Gasteiger partial charge in [0.15, 0.2) is 23.0 Å². The molecule has 3 N–H and O–H groups in total. The molecular weight excluding hydrogens is 356 g/mol. The van der Waals surface area contributed by atoms with E-state index >= 15 is 0 Å². The second kappa shape index (κ2) is 12.9. The Kier molecular flexibility index (Phi) is 10.8. The lowest BCUT2D eigenvalue weighted by Crippen LogP contribution is -2.17. The molecule has 2 aromatic rings. The molecule has 0 aliphatic carbocycles. The van der Waals surface area contributed by atoms with Crippen LogP contribution in [0.2, 0.25) is 0 Å². The van der Waals surface area contributed by atoms with Crippen LogP contribution in [0.15, 0.2) is 36.4 Å². The van der Waals surface area contributed by atoms with Crippen molar-refractivity contribution in [3.8, 4) is 23.0 Å². The number of rotatable bonds is 9. The Morgan fingerprint density at radius 3 is 1.68 bits per heavy atom. The largest absolute Gasteiger partial charge is 0.493 e. The minimum Gasteiger partial charge on any atom is -0.493 e. The summed E-state index contributed by atoms with van der Waals surface area (Å²) in [6, 6.07) is 12.0. The molecule has 0 aromatic heterocycles. The fraction of sp³-hybridized carbons (Fsp3) is 0.455. The number of methoxy groups -OCH3 is 4. The third-order valence-electron chi connectivity index (χ3n) is 4.12. The molecule has 2 rings (SSSR count). The molecule has 156 valence electrons. The van der Waals surface area contributed by atoms with E-state index in [2.05, 4.69) is 11.4 Å². The number of hydrogen-bond acceptors (Lipinski definition) is 6. The zero-order chi connectivity index (χ0) is 20.9. The Morgan fingerprint density at radius 1 is 0.786 bits per heavy atom. The van der Waals surface area contributed by atoms with E-state index in [0.717, 1.165) is 47.9 Å². The van der Waals surface area contributed by atoms with Crippen molar-refractivity contribution in [1.82, 2.24) is 5.32 Å². The van der Waals surface area contributed by atoms with Gasteiger partial charge in [0.05, 0.1) is 28.4 Å². The van der Waals surface area contributed by atoms with Crippen LogP contribution in [0, 0.1) is 0 Å². The van der Waals surface area contributed by atoms with Crippen molar-refractivity contribution in [3.05, 3.63) is 47.5 Å². The first-order valence-electron chi connectivity index (χ1n) is 9.31. The van der Waals surface area contributed by atoms with Gasteiger partial charge in [0.1, 0.15) is 0 Å². The summed E-state index contributed by atoms with van der Waals surface area (Å²) >= 11 is 0. The van der Waals surface area contributed by atoms with E-state index < -0.39 is 0 Å². The molecule has 1 atom stereocenters. The van der Waals surface area contributed by atoms with E-state index in [4.69, 9.17) is 24.7 Å². The van der Waals surface area contributed by atoms with Crippen molar-refractivity contribution in [2.75, 3.05) is 42.0 Å². The highest BCUT2D eigenvalue weighted by atomic mass is 16.5. The van der Waals surface area contributed by atoms with Crippen LogP contribution >= 0.6 is 0 Å². The van der Waals surface area contributed by atoms with Gasteiger partial charge in [-0.15, -0.1) is 0 Å². The molecule has 0 amide bonds. The highest BCUT2D eigenvalue weighted by molar-refractivity contribution is 5.43. The average molecular weight is 391 g/mol. The fourth-order valence-corrected chi connectivity index (χ4v) is 2.68. The van der Waals surface area contributed by atoms with Gasteiger partial charge in [0.25, 0.3) is 0 Å². The summed E-state index contributed by atoms with van der Waals surface area (Å²) in [6.45, 7) is 2.95. The molecule has 6 nitrogen and oxygen atoms in total. The first-order chi connectivity index (χ1) is 13.5. The molecule has 0 radical (unpaired) electrons. The van der Waals surface area contributed by atoms with Crippen LogP contribution in [-0.4, -0.2) is 48.1 Å². The topological polar surface area (TPSA) is 75.0 Å². The van der Waals surface area contributed by atoms with Gasteiger partial charge in [-0.05, 0) is 68.8 Å². The van der Waals surface area contributed by atoms with E-state index in [1.54, 1.807) is 28.4 Å². The van der Waals surface area contributed by atoms with E-state index in [1.165, 1.54) is 5.56 Å². The molecule has 0 aliphatic rings. The van der Waals surface area contributed by atoms with Gasteiger partial charge in [-0.25, -0.2) is 0 Å². The fourth-order valence-electron chi connectivity index (χ4n) is 2.68. The third-order valence-corrected chi connectivity index (χ3v) is 4.12. The average Bonchev–Trinajstić information content (AvgIpc) is 2.71. The molecule has 0 fully saturated rings. The number of benzene rings is 2. The van der Waals surface area contributed by atoms with E-state index in [9.17, 15) is 0 Å². The molecule has 0 aliphatic heterocycles. The van der Waals surface area contributed by atoms with Gasteiger partial charge in [-0.3, -0.25) is 0 Å². The Bertz CT molecular complexity index is 705. The Morgan fingerprint density at radius 2 is 1.25 bits per heavy atom. The summed E-state index contributed by atoms with van der Waals surface area (Å²) in [4.78, 5) is 0. The second-order valence-electron chi connectivity index (χ2n) is 6.41. The van der Waals surface area contributed by atoms with Gasteiger partial charge in [-0.1, -0.05) is 12.1 Å². The molecule has 0 bridgehead atoms. The second-order valence-corrected chi connectivity index (χ2v) is 6.41. The maximum atomic E-state index is 5.71. The first kappa shape index (κ1) is 23.6. The van der Waals surface area contributed by atoms with Crippen molar-refractivity contribution in [2.24, 2.45) is 5.73 Å². The zero-order valence-electron chi connectivity index (χ0n) is 17.9. The van der Waals surface area contributed by atoms with Gasteiger partial charge in [0.2, 0.25) is 0 Å². The maximum absolute atomic E-state index is 5.71. The van der Waals surface area contributed by atoms with Crippen molar-refractivity contribution >= 4 is 0 Å². The SMILES string of the molecule is CNCCc1ccc(OC)c(OC)c1.COc1ccc(CC(C)N)cc1OC. The lowest BCUT2D eigenvalue weighted by atomic mass is 10.1. The van der Waals surface area contributed by atoms with E-state index in [-0.39, 0.29) is 6.04 Å². The monoisotopic (exact) mass is 390 g/mol. The molecule has 0 saturated carbocycles. The lowest BCUT2D eigenvalue weighted by Gasteiger charge is -2.10. The van der Waals surface area contributed by atoms with E-state index in [0.29, 0.717) is 0 Å². The molecular formula is C22H34N2O4. The first-order valence-corrected chi connectivity index (χ1v) is 9.31. The van der Waals surface area contributed by atoms with Crippen LogP contribution in [0.25, 0.3) is 0 Å². The molecule has 0 saturated heterocycles. The van der Waals surface area contributed by atoms with Gasteiger partial charge >= 0.3 is 0 Å². The summed E-state index contributed by atoms with van der Waals surface area (Å²) in [5.41, 5.74) is 8.13. The minimum atomic E-state index is 0.160. The Hall–Kier alpha value is -2.44. The number of hydrogen-bond donors (Lipinski definition) is 2. The smallest absolute Gasteiger partial charge is 0.160 e. The van der Waals surface area contributed by atoms with Crippen LogP contribution in [0.1, 0.15) is 18.1 Å². The van der Waals surface area contributed by atoms with Crippen molar-refractivity contribution in [2.45, 2.75) is 25.8 Å². The summed E-state index contributed by atoms with van der Waals surface area (Å²) in [6.07, 6.45) is 1.84. The maximum Gasteiger partial charge on any atom is 0.160 e. The molecule has 0 heterocycles. The zero-order valence-corrected chi connectivity index (χ0v) is 17.9. The highest BCUT2D eigenvalue weighted by Crippen LogP contribution is 2.28. The van der Waals surface area contributed by atoms with Crippen molar-refractivity contribution in [3.63, 3.8) is 0 Å². The normalized spacial score (nSPS) is 11.1. The summed E-state index contributed by atoms with van der Waals surface area (Å²) < 4.78 is 20.7. The predicted molar refractivity (Wildman–Crippen MR) is 114 cm³/mol. The molecule has 28 heavy (non-hydrogen) atoms. The van der Waals surface area contributed by atoms with Gasteiger partial charge < -0.3 is 30.0 Å². The van der Waals surface area contributed by atoms with Gasteiger partial charge in [-0.2, -0.15) is 0 Å². The van der Waals surface area contributed by atoms with Crippen LogP contribution in [0.3, 0.4) is 0 Å². The Labute approximate surface area is 168 Å². The van der Waals surface area contributed by atoms with Crippen LogP contribution in [0.4, 0.5) is 0 Å². The van der Waals surface area contributed by atoms with Gasteiger partial charge in [0, 0.05) is 6.04 Å². The standard InChI is InChI=1S/2C11H17NO2/c1-8(12)6-9-4-5-10(13-2)11(7-9)14-3;1-12-7-6-9-4-5-10(13-2)11(8-9)14-3/h4-5,7-8H,6,12H2,1-3H3;4-5,8,12H,6-7H2,1-3H3. The minimum absolute atomic E-state index is 0.160. The van der Waals surface area contributed by atoms with Crippen LogP contribution in [0.5, 0.6) is 23.0 Å². The predicted octanol–water partition coefficient (Wildman–Crippen LogP) is 3.06. The summed E-state index contributed by atoms with van der Waals surface area (Å²) in [7, 11) is 8.50. The Balaban J connectivity index is 0.000000280. The number of nitrogens with two attached hydrogens (primary N) is 1. The number of likely N-dealkylation sites (N-methyl/N-ethyl adjacent to an activating group) is 1. The quantitative estimate of drug-likeness (QED) is 0.685. The van der Waals surface area contributed by atoms with Crippen molar-refractivity contribution in [1.29, 1.82) is 0 Å². The molecule has 2 aromatic carbocycles. The molecule has 1 unspecified atom stereocenters. The summed E-state index contributed by atoms with van der Waals surface area (Å²) in [5, 5.41) is 3.11. The molecule has 0 spiro atoms. The lowest BCUT2D eigenvalue weighted by molar-refractivity contribution is 0.354. The third kappa shape index (κ3) is 7.66. The summed E-state index contributed by atoms with van der Waals surface area (Å²) in [5.74, 6) is 3.08. The van der Waals surface area contributed by atoms with Crippen LogP contribution in [-0.2, 0) is 12.8 Å². The van der Waals surface area contributed by atoms with Crippen molar-refractivity contribution < 1.29 is 18.9 Å². The number of nitrogens with one attached hydrogen (secondary N) is 1. The molecule has 6 heteroatoms.